The average molecular weight is 213 g/mol. The second-order valence-corrected chi connectivity index (χ2v) is 3.96. The van der Waals surface area contributed by atoms with Crippen LogP contribution in [0.5, 0.6) is 0 Å². The van der Waals surface area contributed by atoms with Gasteiger partial charge in [0.25, 0.3) is 0 Å². The normalized spacial score (nSPS) is 19.8. The first-order valence-corrected chi connectivity index (χ1v) is 5.68. The maximum Gasteiger partial charge on any atom is 0.348 e. The summed E-state index contributed by atoms with van der Waals surface area (Å²) in [5, 5.41) is 12.5. The van der Waals surface area contributed by atoms with Crippen molar-refractivity contribution >= 4 is 11.7 Å². The first-order valence-electron chi connectivity index (χ1n) is 5.68. The van der Waals surface area contributed by atoms with Crippen molar-refractivity contribution in [3.8, 4) is 0 Å². The van der Waals surface area contributed by atoms with Crippen LogP contribution >= 0.6 is 0 Å². The molecular weight excluding hydrogens is 194 g/mol. The fraction of sp³-hybridized carbons (Fsp3) is 0.818. The van der Waals surface area contributed by atoms with Crippen molar-refractivity contribution in [1.82, 2.24) is 0 Å². The highest BCUT2D eigenvalue weighted by molar-refractivity contribution is 5.90. The zero-order valence-electron chi connectivity index (χ0n) is 9.24. The molecule has 0 aliphatic carbocycles. The lowest BCUT2D eigenvalue weighted by molar-refractivity contribution is -0.148. The molecule has 0 saturated carbocycles. The molecule has 0 radical (unpaired) electrons. The highest BCUT2D eigenvalue weighted by atomic mass is 16.7. The van der Waals surface area contributed by atoms with Crippen LogP contribution in [0.3, 0.4) is 0 Å². The van der Waals surface area contributed by atoms with Gasteiger partial charge in [-0.05, 0) is 12.8 Å². The summed E-state index contributed by atoms with van der Waals surface area (Å²) in [6, 6.07) is 0. The third-order valence-corrected chi connectivity index (χ3v) is 2.57. The van der Waals surface area contributed by atoms with Crippen LogP contribution in [0.15, 0.2) is 5.16 Å². The van der Waals surface area contributed by atoms with Gasteiger partial charge in [-0.2, -0.15) is 0 Å². The lowest BCUT2D eigenvalue weighted by Crippen LogP contribution is -2.19. The van der Waals surface area contributed by atoms with Crippen LogP contribution in [0.1, 0.15) is 51.9 Å². The van der Waals surface area contributed by atoms with Gasteiger partial charge in [-0.1, -0.05) is 37.8 Å². The van der Waals surface area contributed by atoms with E-state index in [0.717, 1.165) is 18.6 Å². The van der Waals surface area contributed by atoms with Gasteiger partial charge in [0.1, 0.15) is 0 Å². The molecule has 1 aliphatic rings. The molecule has 4 heteroatoms. The zero-order chi connectivity index (χ0) is 11.1. The van der Waals surface area contributed by atoms with E-state index in [1.807, 2.05) is 0 Å². The Bertz CT molecular complexity index is 238. The summed E-state index contributed by atoms with van der Waals surface area (Å²) in [4.78, 5) is 15.4. The molecule has 0 saturated heterocycles. The summed E-state index contributed by atoms with van der Waals surface area (Å²) in [6.45, 7) is 2.19. The third kappa shape index (κ3) is 4.32. The van der Waals surface area contributed by atoms with Crippen LogP contribution in [0.2, 0.25) is 0 Å². The predicted octanol–water partition coefficient (Wildman–Crippen LogP) is 2.58. The molecule has 1 rings (SSSR count). The van der Waals surface area contributed by atoms with Crippen molar-refractivity contribution in [3.05, 3.63) is 0 Å². The Morgan fingerprint density at radius 3 is 2.80 bits per heavy atom. The standard InChI is InChI=1S/C11H19NO3/c1-2-3-4-5-6-7-9-8-10(11(13)14)15-12-9/h10H,2-8H2,1H3,(H,13,14). The highest BCUT2D eigenvalue weighted by Crippen LogP contribution is 2.15. The monoisotopic (exact) mass is 213 g/mol. The molecule has 1 atom stereocenters. The van der Waals surface area contributed by atoms with Crippen LogP contribution in [-0.2, 0) is 9.63 Å². The molecule has 15 heavy (non-hydrogen) atoms. The van der Waals surface area contributed by atoms with Gasteiger partial charge in [0.15, 0.2) is 0 Å². The summed E-state index contributed by atoms with van der Waals surface area (Å²) in [5.41, 5.74) is 0.902. The number of carboxylic acids is 1. The van der Waals surface area contributed by atoms with Gasteiger partial charge in [0.2, 0.25) is 6.10 Å². The Kier molecular flexibility index (Phi) is 5.15. The third-order valence-electron chi connectivity index (χ3n) is 2.57. The predicted molar refractivity (Wildman–Crippen MR) is 57.9 cm³/mol. The van der Waals surface area contributed by atoms with Gasteiger partial charge < -0.3 is 9.94 Å². The first-order chi connectivity index (χ1) is 7.24. The summed E-state index contributed by atoms with van der Waals surface area (Å²) < 4.78 is 0. The van der Waals surface area contributed by atoms with Crippen molar-refractivity contribution < 1.29 is 14.7 Å². The van der Waals surface area contributed by atoms with Crippen LogP contribution in [-0.4, -0.2) is 22.9 Å². The van der Waals surface area contributed by atoms with E-state index in [-0.39, 0.29) is 0 Å². The molecule has 0 aromatic heterocycles. The number of oxime groups is 1. The molecule has 1 unspecified atom stereocenters. The summed E-state index contributed by atoms with van der Waals surface area (Å²) in [5.74, 6) is -0.917. The van der Waals surface area contributed by atoms with Crippen LogP contribution in [0, 0.1) is 0 Å². The van der Waals surface area contributed by atoms with Crippen LogP contribution < -0.4 is 0 Å². The van der Waals surface area contributed by atoms with Gasteiger partial charge in [-0.25, -0.2) is 4.79 Å². The molecule has 86 valence electrons. The molecule has 4 nitrogen and oxygen atoms in total. The zero-order valence-corrected chi connectivity index (χ0v) is 9.24. The minimum atomic E-state index is -0.917. The second kappa shape index (κ2) is 6.43. The molecule has 0 spiro atoms. The van der Waals surface area contributed by atoms with E-state index in [9.17, 15) is 4.79 Å². The lowest BCUT2D eigenvalue weighted by atomic mass is 10.1. The molecular formula is C11H19NO3. The first kappa shape index (κ1) is 12.0. The van der Waals surface area contributed by atoms with E-state index < -0.39 is 12.1 Å². The van der Waals surface area contributed by atoms with E-state index in [1.165, 1.54) is 25.7 Å². The number of unbranched alkanes of at least 4 members (excludes halogenated alkanes) is 4. The van der Waals surface area contributed by atoms with Gasteiger partial charge >= 0.3 is 5.97 Å². The van der Waals surface area contributed by atoms with E-state index >= 15 is 0 Å². The average Bonchev–Trinajstić information content (AvgIpc) is 2.66. The Morgan fingerprint density at radius 1 is 1.47 bits per heavy atom. The number of hydrogen-bond acceptors (Lipinski definition) is 3. The van der Waals surface area contributed by atoms with Gasteiger partial charge in [0.05, 0.1) is 5.71 Å². The van der Waals surface area contributed by atoms with Gasteiger partial charge in [-0.3, -0.25) is 0 Å². The van der Waals surface area contributed by atoms with E-state index in [4.69, 9.17) is 9.94 Å². The maximum absolute atomic E-state index is 10.6. The number of carbonyl (C=O) groups is 1. The van der Waals surface area contributed by atoms with Crippen LogP contribution in [0.25, 0.3) is 0 Å². The SMILES string of the molecule is CCCCCCCC1=NOC(C(=O)O)C1. The number of aliphatic carboxylic acids is 1. The number of carboxylic acid groups (broad SMARTS) is 1. The summed E-state index contributed by atoms with van der Waals surface area (Å²) in [6.07, 6.45) is 6.67. The Balaban J connectivity index is 2.06. The Labute approximate surface area is 90.3 Å². The van der Waals surface area contributed by atoms with E-state index in [0.29, 0.717) is 6.42 Å². The molecule has 0 bridgehead atoms. The van der Waals surface area contributed by atoms with Crippen molar-refractivity contribution in [2.75, 3.05) is 0 Å². The quantitative estimate of drug-likeness (QED) is 0.661. The van der Waals surface area contributed by atoms with Gasteiger partial charge in [0, 0.05) is 6.42 Å². The van der Waals surface area contributed by atoms with Crippen LogP contribution in [0.4, 0.5) is 0 Å². The topological polar surface area (TPSA) is 58.9 Å². The highest BCUT2D eigenvalue weighted by Gasteiger charge is 2.26. The molecule has 0 aromatic rings. The molecule has 1 heterocycles. The van der Waals surface area contributed by atoms with Gasteiger partial charge in [-0.15, -0.1) is 0 Å². The Morgan fingerprint density at radius 2 is 2.20 bits per heavy atom. The Hall–Kier alpha value is -1.06. The minimum Gasteiger partial charge on any atom is -0.478 e. The van der Waals surface area contributed by atoms with Crippen molar-refractivity contribution in [3.63, 3.8) is 0 Å². The number of hydrogen-bond donors (Lipinski definition) is 1. The molecule has 0 amide bonds. The number of rotatable bonds is 7. The molecule has 1 aliphatic heterocycles. The molecule has 0 fully saturated rings. The fourth-order valence-electron chi connectivity index (χ4n) is 1.64. The minimum absolute atomic E-state index is 0.461. The largest absolute Gasteiger partial charge is 0.478 e. The summed E-state index contributed by atoms with van der Waals surface area (Å²) in [7, 11) is 0. The maximum atomic E-state index is 10.6. The fourth-order valence-corrected chi connectivity index (χ4v) is 1.64. The van der Waals surface area contributed by atoms with E-state index in [1.54, 1.807) is 0 Å². The lowest BCUT2D eigenvalue weighted by Gasteiger charge is -2.00. The second-order valence-electron chi connectivity index (χ2n) is 3.96. The van der Waals surface area contributed by atoms with Crippen molar-refractivity contribution in [2.45, 2.75) is 58.0 Å². The van der Waals surface area contributed by atoms with Crippen molar-refractivity contribution in [2.24, 2.45) is 5.16 Å². The smallest absolute Gasteiger partial charge is 0.348 e. The summed E-state index contributed by atoms with van der Waals surface area (Å²) >= 11 is 0. The molecule has 1 N–H and O–H groups in total. The number of nitrogens with zero attached hydrogens (tertiary/aromatic N) is 1. The van der Waals surface area contributed by atoms with E-state index in [2.05, 4.69) is 12.1 Å². The van der Waals surface area contributed by atoms with Crippen molar-refractivity contribution in [1.29, 1.82) is 0 Å². The molecule has 0 aromatic carbocycles.